The maximum atomic E-state index is 13.7. The van der Waals surface area contributed by atoms with Gasteiger partial charge in [-0.15, -0.1) is 0 Å². The number of anilines is 2. The zero-order chi connectivity index (χ0) is 15.6. The summed E-state index contributed by atoms with van der Waals surface area (Å²) in [5.41, 5.74) is 6.81. The SMILES string of the molecule is CC(Nc1ccc(S(N)(=O)=O)c(N)c1)c1ccccc1F. The summed E-state index contributed by atoms with van der Waals surface area (Å²) in [6.07, 6.45) is 0. The van der Waals surface area contributed by atoms with Crippen molar-refractivity contribution in [1.29, 1.82) is 0 Å². The van der Waals surface area contributed by atoms with E-state index in [-0.39, 0.29) is 22.4 Å². The quantitative estimate of drug-likeness (QED) is 0.754. The number of halogens is 1. The summed E-state index contributed by atoms with van der Waals surface area (Å²) in [7, 11) is -3.85. The third-order valence-corrected chi connectivity index (χ3v) is 4.06. The van der Waals surface area contributed by atoms with Crippen LogP contribution in [-0.2, 0) is 10.0 Å². The van der Waals surface area contributed by atoms with E-state index < -0.39 is 10.0 Å². The Bertz CT molecular complexity index is 763. The van der Waals surface area contributed by atoms with Crippen molar-refractivity contribution >= 4 is 21.4 Å². The molecule has 2 aromatic rings. The Morgan fingerprint density at radius 1 is 1.19 bits per heavy atom. The van der Waals surface area contributed by atoms with Crippen LogP contribution in [0, 0.1) is 5.82 Å². The van der Waals surface area contributed by atoms with Crippen molar-refractivity contribution in [3.05, 3.63) is 53.8 Å². The number of benzene rings is 2. The largest absolute Gasteiger partial charge is 0.398 e. The minimum atomic E-state index is -3.85. The first-order chi connectivity index (χ1) is 9.79. The summed E-state index contributed by atoms with van der Waals surface area (Å²) in [6, 6.07) is 10.4. The smallest absolute Gasteiger partial charge is 0.240 e. The number of rotatable bonds is 4. The highest BCUT2D eigenvalue weighted by atomic mass is 32.2. The highest BCUT2D eigenvalue weighted by Gasteiger charge is 2.14. The number of primary sulfonamides is 1. The summed E-state index contributed by atoms with van der Waals surface area (Å²) < 4.78 is 36.2. The van der Waals surface area contributed by atoms with Gasteiger partial charge in [0.1, 0.15) is 10.7 Å². The summed E-state index contributed by atoms with van der Waals surface area (Å²) >= 11 is 0. The van der Waals surface area contributed by atoms with Crippen LogP contribution in [0.2, 0.25) is 0 Å². The van der Waals surface area contributed by atoms with Crippen LogP contribution in [0.3, 0.4) is 0 Å². The molecule has 5 nitrogen and oxygen atoms in total. The van der Waals surface area contributed by atoms with Gasteiger partial charge >= 0.3 is 0 Å². The van der Waals surface area contributed by atoms with Gasteiger partial charge in [0.15, 0.2) is 0 Å². The number of sulfonamides is 1. The molecule has 0 aliphatic carbocycles. The molecule has 2 aromatic carbocycles. The fourth-order valence-corrected chi connectivity index (χ4v) is 2.70. The summed E-state index contributed by atoms with van der Waals surface area (Å²) in [5, 5.41) is 8.10. The monoisotopic (exact) mass is 309 g/mol. The molecule has 0 aliphatic rings. The van der Waals surface area contributed by atoms with Gasteiger partial charge in [-0.2, -0.15) is 0 Å². The number of nitrogens with one attached hydrogen (secondary N) is 1. The van der Waals surface area contributed by atoms with Gasteiger partial charge in [-0.05, 0) is 31.2 Å². The highest BCUT2D eigenvalue weighted by molar-refractivity contribution is 7.89. The van der Waals surface area contributed by atoms with Crippen LogP contribution in [0.15, 0.2) is 47.4 Å². The fourth-order valence-electron chi connectivity index (χ4n) is 2.05. The Kier molecular flexibility index (Phi) is 4.15. The molecule has 0 aliphatic heterocycles. The molecule has 0 saturated heterocycles. The van der Waals surface area contributed by atoms with Crippen molar-refractivity contribution in [3.8, 4) is 0 Å². The van der Waals surface area contributed by atoms with Crippen LogP contribution in [0.5, 0.6) is 0 Å². The molecule has 2 rings (SSSR count). The molecule has 112 valence electrons. The predicted octanol–water partition coefficient (Wildman–Crippen LogP) is 2.23. The van der Waals surface area contributed by atoms with Crippen LogP contribution < -0.4 is 16.2 Å². The van der Waals surface area contributed by atoms with E-state index in [0.717, 1.165) is 0 Å². The third-order valence-electron chi connectivity index (χ3n) is 3.07. The molecule has 0 fully saturated rings. The Morgan fingerprint density at radius 3 is 2.43 bits per heavy atom. The molecular formula is C14H16FN3O2S. The Balaban J connectivity index is 2.25. The van der Waals surface area contributed by atoms with E-state index in [1.807, 2.05) is 0 Å². The minimum Gasteiger partial charge on any atom is -0.398 e. The Labute approximate surface area is 122 Å². The summed E-state index contributed by atoms with van der Waals surface area (Å²) in [6.45, 7) is 1.79. The standard InChI is InChI=1S/C14H16FN3O2S/c1-9(11-4-2-3-5-12(11)15)18-10-6-7-14(13(16)8-10)21(17,19)20/h2-9,18H,16H2,1H3,(H2,17,19,20). The zero-order valence-electron chi connectivity index (χ0n) is 11.4. The van der Waals surface area contributed by atoms with Gasteiger partial charge in [-0.3, -0.25) is 0 Å². The molecule has 0 bridgehead atoms. The van der Waals surface area contributed by atoms with Gasteiger partial charge in [-0.25, -0.2) is 17.9 Å². The summed E-state index contributed by atoms with van der Waals surface area (Å²) in [5.74, 6) is -0.313. The Morgan fingerprint density at radius 2 is 1.86 bits per heavy atom. The fraction of sp³-hybridized carbons (Fsp3) is 0.143. The number of hydrogen-bond acceptors (Lipinski definition) is 4. The first kappa shape index (κ1) is 15.3. The minimum absolute atomic E-state index is 0.0447. The molecule has 5 N–H and O–H groups in total. The molecule has 1 unspecified atom stereocenters. The molecule has 1 atom stereocenters. The predicted molar refractivity (Wildman–Crippen MR) is 80.7 cm³/mol. The topological polar surface area (TPSA) is 98.2 Å². The van der Waals surface area contributed by atoms with Crippen molar-refractivity contribution < 1.29 is 12.8 Å². The van der Waals surface area contributed by atoms with Gasteiger partial charge in [0.25, 0.3) is 0 Å². The second-order valence-corrected chi connectivity index (χ2v) is 6.21. The average Bonchev–Trinajstić information content (AvgIpc) is 2.37. The first-order valence-corrected chi connectivity index (χ1v) is 7.77. The second-order valence-electron chi connectivity index (χ2n) is 4.69. The lowest BCUT2D eigenvalue weighted by atomic mass is 10.1. The van der Waals surface area contributed by atoms with Gasteiger partial charge in [0.2, 0.25) is 10.0 Å². The van der Waals surface area contributed by atoms with Gasteiger partial charge < -0.3 is 11.1 Å². The summed E-state index contributed by atoms with van der Waals surface area (Å²) in [4.78, 5) is -0.133. The lowest BCUT2D eigenvalue weighted by Crippen LogP contribution is -2.15. The molecule has 0 spiro atoms. The van der Waals surface area contributed by atoms with Crippen LogP contribution >= 0.6 is 0 Å². The maximum Gasteiger partial charge on any atom is 0.240 e. The molecule has 0 amide bonds. The van der Waals surface area contributed by atoms with E-state index >= 15 is 0 Å². The average molecular weight is 309 g/mol. The van der Waals surface area contributed by atoms with Gasteiger partial charge in [0, 0.05) is 11.3 Å². The lowest BCUT2D eigenvalue weighted by molar-refractivity contribution is 0.598. The third kappa shape index (κ3) is 3.50. The molecule has 0 heterocycles. The maximum absolute atomic E-state index is 13.7. The molecule has 0 radical (unpaired) electrons. The van der Waals surface area contributed by atoms with E-state index in [4.69, 9.17) is 10.9 Å². The van der Waals surface area contributed by atoms with Crippen molar-refractivity contribution in [1.82, 2.24) is 0 Å². The van der Waals surface area contributed by atoms with Crippen LogP contribution in [0.25, 0.3) is 0 Å². The molecule has 7 heteroatoms. The van der Waals surface area contributed by atoms with Crippen LogP contribution in [-0.4, -0.2) is 8.42 Å². The van der Waals surface area contributed by atoms with E-state index in [9.17, 15) is 12.8 Å². The molecule has 0 saturated carbocycles. The zero-order valence-corrected chi connectivity index (χ0v) is 12.2. The molecule has 21 heavy (non-hydrogen) atoms. The van der Waals surface area contributed by atoms with E-state index in [1.165, 1.54) is 24.3 Å². The number of hydrogen-bond donors (Lipinski definition) is 3. The number of nitrogens with two attached hydrogens (primary N) is 2. The van der Waals surface area contributed by atoms with Gasteiger partial charge in [0.05, 0.1) is 11.7 Å². The van der Waals surface area contributed by atoms with Gasteiger partial charge in [-0.1, -0.05) is 18.2 Å². The van der Waals surface area contributed by atoms with Crippen molar-refractivity contribution in [2.45, 2.75) is 17.9 Å². The highest BCUT2D eigenvalue weighted by Crippen LogP contribution is 2.25. The van der Waals surface area contributed by atoms with Crippen LogP contribution in [0.1, 0.15) is 18.5 Å². The molecule has 0 aromatic heterocycles. The van der Waals surface area contributed by atoms with E-state index in [0.29, 0.717) is 11.3 Å². The van der Waals surface area contributed by atoms with Crippen molar-refractivity contribution in [3.63, 3.8) is 0 Å². The second kappa shape index (κ2) is 5.71. The van der Waals surface area contributed by atoms with Crippen LogP contribution in [0.4, 0.5) is 15.8 Å². The first-order valence-electron chi connectivity index (χ1n) is 6.22. The molecular weight excluding hydrogens is 293 g/mol. The lowest BCUT2D eigenvalue weighted by Gasteiger charge is -2.17. The number of nitrogen functional groups attached to an aromatic ring is 1. The van der Waals surface area contributed by atoms with E-state index in [2.05, 4.69) is 5.32 Å². The van der Waals surface area contributed by atoms with E-state index in [1.54, 1.807) is 25.1 Å². The van der Waals surface area contributed by atoms with Crippen molar-refractivity contribution in [2.24, 2.45) is 5.14 Å². The Hall–Kier alpha value is -2.12. The van der Waals surface area contributed by atoms with Crippen molar-refractivity contribution in [2.75, 3.05) is 11.1 Å². The normalized spacial score (nSPS) is 12.9.